The molecule has 1 aromatic rings. The molecule has 0 aromatic heterocycles. The Labute approximate surface area is 539 Å². The van der Waals surface area contributed by atoms with E-state index in [2.05, 4.69) is 51.7 Å². The number of thioether (sulfide) groups is 1. The predicted octanol–water partition coefficient (Wildman–Crippen LogP) is 3.81. The molecule has 1 aromatic carbocycles. The van der Waals surface area contributed by atoms with Gasteiger partial charge >= 0.3 is 12.1 Å². The Hall–Kier alpha value is -4.62. The highest BCUT2D eigenvalue weighted by atomic mass is 33.5. The number of Topliss-reactive ketones (excluding diaryl/α,β-unsaturated/α-hetero) is 1. The molecular formula is C60H82N4O22S4. The molecule has 498 valence electrons. The van der Waals surface area contributed by atoms with E-state index in [0.29, 0.717) is 0 Å². The van der Waals surface area contributed by atoms with Gasteiger partial charge in [-0.05, 0) is 60.8 Å². The Bertz CT molecular complexity index is 2910. The molecule has 4 saturated heterocycles. The summed E-state index contributed by atoms with van der Waals surface area (Å²) in [4.78, 5) is 62.7. The van der Waals surface area contributed by atoms with Gasteiger partial charge in [-0.25, -0.2) is 9.59 Å². The molecule has 8 N–H and O–H groups in total. The number of amides is 2. The van der Waals surface area contributed by atoms with Gasteiger partial charge in [0.1, 0.15) is 36.1 Å². The summed E-state index contributed by atoms with van der Waals surface area (Å²) in [6.07, 6.45) is -11.9. The van der Waals surface area contributed by atoms with Gasteiger partial charge in [0.05, 0.1) is 99.8 Å². The lowest BCUT2D eigenvalue weighted by atomic mass is 9.71. The maximum Gasteiger partial charge on any atom is 0.411 e. The van der Waals surface area contributed by atoms with Crippen LogP contribution in [0.3, 0.4) is 0 Å². The van der Waals surface area contributed by atoms with E-state index in [0.717, 1.165) is 7.11 Å². The number of aliphatic hydroxyl groups is 4. The Morgan fingerprint density at radius 3 is 2.23 bits per heavy atom. The summed E-state index contributed by atoms with van der Waals surface area (Å²) in [5, 5.41) is 57.1. The number of hydrogen-bond acceptors (Lipinski definition) is 28. The number of methoxy groups -OCH3 is 5. The molecule has 2 amide bonds. The fourth-order valence-corrected chi connectivity index (χ4v) is 14.3. The van der Waals surface area contributed by atoms with Crippen LogP contribution in [0.15, 0.2) is 59.5 Å². The van der Waals surface area contributed by atoms with Gasteiger partial charge in [-0.2, -0.15) is 17.2 Å². The lowest BCUT2D eigenvalue weighted by molar-refractivity contribution is -0.336. The van der Waals surface area contributed by atoms with Crippen molar-refractivity contribution in [3.8, 4) is 35.2 Å². The molecule has 4 aliphatic heterocycles. The zero-order valence-electron chi connectivity index (χ0n) is 52.1. The molecule has 6 aliphatic rings. The summed E-state index contributed by atoms with van der Waals surface area (Å²) < 4.78 is 78.2. The lowest BCUT2D eigenvalue weighted by Crippen LogP contribution is -2.65. The highest BCUT2D eigenvalue weighted by Gasteiger charge is 2.57. The Morgan fingerprint density at radius 2 is 1.57 bits per heavy atom. The molecule has 1 unspecified atom stereocenters. The van der Waals surface area contributed by atoms with Crippen molar-refractivity contribution in [2.24, 2.45) is 0 Å². The Balaban J connectivity index is 1.28. The first-order valence-electron chi connectivity index (χ1n) is 28.9. The summed E-state index contributed by atoms with van der Waals surface area (Å²) in [7, 11) is 10.8. The molecular weight excluding hydrogens is 1260 g/mol. The van der Waals surface area contributed by atoms with Crippen molar-refractivity contribution < 1.29 is 106 Å². The third-order valence-electron chi connectivity index (χ3n) is 15.5. The molecule has 90 heavy (non-hydrogen) atoms. The van der Waals surface area contributed by atoms with E-state index in [4.69, 9.17) is 66.4 Å². The number of carbonyl (C=O) groups excluding carboxylic acids is 4. The van der Waals surface area contributed by atoms with E-state index in [1.807, 2.05) is 33.3 Å². The molecule has 0 spiro atoms. The van der Waals surface area contributed by atoms with Crippen LogP contribution in [0.5, 0.6) is 11.5 Å². The van der Waals surface area contributed by atoms with E-state index < -0.39 is 140 Å². The second-order valence-electron chi connectivity index (χ2n) is 21.8. The minimum Gasteiger partial charge on any atom is -0.493 e. The standard InChI is InChI=1S/C60H82N4O22S4/c1-29(2)61-37-28-78-44(26-40(37)74-8)84-53-51(67)48(64-86-46-25-38(65)54(87-12)32(5)80-46)30(3)81-58(53)83-39-19-17-15-14-16-18-21-60(72)35(20-22-89-90-88-13)47(39)49(63-59(71)77-11)52(68)55(60)85-45-27-43(50(66)31(4)79-45)82-57(70)34-23-41(75-9)42(76-10)24-36(34)62-56(69)33(6)73-7/h14-15,20,23-24,29-32,37-40,43-46,48,50-51,53-55,58,61,64-67,72H,6,21-22,25-28H2,1-5,7-13H3,(H,62,69)(H,63,71)/b15-14-,35-20+/t30-,31+,32-,37+,38+,39+,40+,43+,44+,45?,46+,48-,50+,51+,53-,54-,55-,58+,60-/m1/s1. The fourth-order valence-electron chi connectivity index (χ4n) is 11.0. The number of hydrogen-bond donors (Lipinski definition) is 8. The van der Waals surface area contributed by atoms with Crippen LogP contribution < -0.4 is 30.9 Å². The molecule has 4 fully saturated rings. The summed E-state index contributed by atoms with van der Waals surface area (Å²) >= 11 is 1.47. The molecule has 0 radical (unpaired) electrons. The number of carbonyl (C=O) groups is 4. The SMILES string of the molecule is C=C(OC)C(=O)Nc1cc(OC)c(OC)cc1C(=O)O[C@H]1CC(O[C@@H]2C(=O)C(NC(=O)OC)=C3/C(=C\CSSSC)[C@]2(O)CC#C/C=C\C#C[C@@H]3O[C@@H]2O[C@H](C)[C@@H](NO[C@H]3C[C@H](O)[C@H](SC)[C@@H](C)O3)[C@H](O)[C@H]2O[C@H]2C[C@H](OC)[C@@H](NC(C)C)CO2)O[C@@H](C)[C@@H]1O. The van der Waals surface area contributed by atoms with Gasteiger partial charge in [0.15, 0.2) is 48.5 Å². The minimum atomic E-state index is -2.46. The van der Waals surface area contributed by atoms with Crippen molar-refractivity contribution in [1.29, 1.82) is 0 Å². The number of fused-ring (bicyclic) bond motifs is 2. The maximum absolute atomic E-state index is 15.7. The number of esters is 1. The number of anilines is 1. The van der Waals surface area contributed by atoms with Gasteiger partial charge in [-0.15, -0.1) is 0 Å². The molecule has 7 rings (SSSR count). The van der Waals surface area contributed by atoms with E-state index in [1.54, 1.807) is 20.1 Å². The number of allylic oxidation sites excluding steroid dienone is 2. The first-order valence-corrected chi connectivity index (χ1v) is 34.3. The second-order valence-corrected chi connectivity index (χ2v) is 27.2. The first-order chi connectivity index (χ1) is 43.0. The topological polar surface area (TPSA) is 327 Å². The first kappa shape index (κ1) is 72.8. The quantitative estimate of drug-likeness (QED) is 0.0131. The number of rotatable bonds is 25. The Kier molecular flexibility index (Phi) is 27.5. The van der Waals surface area contributed by atoms with Crippen molar-refractivity contribution in [2.45, 2.75) is 182 Å². The van der Waals surface area contributed by atoms with Crippen molar-refractivity contribution in [1.82, 2.24) is 16.1 Å². The van der Waals surface area contributed by atoms with Crippen molar-refractivity contribution in [3.05, 3.63) is 65.1 Å². The van der Waals surface area contributed by atoms with Crippen LogP contribution in [0.2, 0.25) is 0 Å². The van der Waals surface area contributed by atoms with E-state index in [-0.39, 0.29) is 88.3 Å². The smallest absolute Gasteiger partial charge is 0.411 e. The molecule has 19 atom stereocenters. The highest BCUT2D eigenvalue weighted by molar-refractivity contribution is 9.09. The summed E-state index contributed by atoms with van der Waals surface area (Å²) in [5.74, 6) is 8.94. The van der Waals surface area contributed by atoms with Crippen molar-refractivity contribution in [3.63, 3.8) is 0 Å². The summed E-state index contributed by atoms with van der Waals surface area (Å²) in [5.41, 5.74) is -0.590. The maximum atomic E-state index is 15.7. The number of hydroxylamine groups is 1. The third kappa shape index (κ3) is 17.8. The van der Waals surface area contributed by atoms with Crippen molar-refractivity contribution >= 4 is 72.6 Å². The van der Waals surface area contributed by atoms with Crippen molar-refractivity contribution in [2.75, 3.05) is 65.7 Å². The highest BCUT2D eigenvalue weighted by Crippen LogP contribution is 2.45. The van der Waals surface area contributed by atoms with Crippen LogP contribution in [0.4, 0.5) is 10.5 Å². The molecule has 0 saturated carbocycles. The number of ketones is 1. The van der Waals surface area contributed by atoms with E-state index in [1.165, 1.54) is 95.7 Å². The average molecular weight is 1340 g/mol. The number of benzene rings is 1. The average Bonchev–Trinajstić information content (AvgIpc) is 0.918. The van der Waals surface area contributed by atoms with Crippen LogP contribution in [0.25, 0.3) is 0 Å². The molecule has 30 heteroatoms. The van der Waals surface area contributed by atoms with Gasteiger partial charge in [-0.1, -0.05) is 71.8 Å². The van der Waals surface area contributed by atoms with Gasteiger partial charge in [0.25, 0.3) is 5.91 Å². The number of nitrogens with one attached hydrogen (secondary N) is 4. The van der Waals surface area contributed by atoms with Crippen LogP contribution in [-0.2, 0) is 66.5 Å². The molecule has 26 nitrogen and oxygen atoms in total. The lowest BCUT2D eigenvalue weighted by Gasteiger charge is -2.47. The normalized spacial score (nSPS) is 34.3. The molecule has 2 bridgehead atoms. The zero-order valence-corrected chi connectivity index (χ0v) is 55.3. The van der Waals surface area contributed by atoms with Crippen LogP contribution in [-0.4, -0.2) is 226 Å². The van der Waals surface area contributed by atoms with Gasteiger partial charge in [0, 0.05) is 62.3 Å². The van der Waals surface area contributed by atoms with Crippen LogP contribution >= 0.6 is 43.2 Å². The predicted molar refractivity (Wildman–Crippen MR) is 334 cm³/mol. The summed E-state index contributed by atoms with van der Waals surface area (Å²) in [6.45, 7) is 12.7. The van der Waals surface area contributed by atoms with E-state index >= 15 is 4.79 Å². The van der Waals surface area contributed by atoms with Gasteiger partial charge in [-0.3, -0.25) is 19.7 Å². The minimum absolute atomic E-state index is 0.0427. The Morgan fingerprint density at radius 1 is 0.856 bits per heavy atom. The van der Waals surface area contributed by atoms with Gasteiger partial charge < -0.3 is 92.6 Å². The monoisotopic (exact) mass is 1340 g/mol. The molecule has 2 aliphatic carbocycles. The second kappa shape index (κ2) is 34.0. The number of aliphatic hydroxyl groups excluding tert-OH is 3. The number of alkyl carbamates (subject to hydrolysis) is 1. The number of ether oxygens (including phenoxy) is 13. The van der Waals surface area contributed by atoms with Gasteiger partial charge in [0.2, 0.25) is 5.78 Å². The largest absolute Gasteiger partial charge is 0.493 e. The van der Waals surface area contributed by atoms with Crippen LogP contribution in [0.1, 0.15) is 70.7 Å². The zero-order chi connectivity index (χ0) is 65.6. The van der Waals surface area contributed by atoms with Crippen LogP contribution in [0, 0.1) is 23.7 Å². The summed E-state index contributed by atoms with van der Waals surface area (Å²) in [6, 6.07) is 1.40. The van der Waals surface area contributed by atoms with E-state index in [9.17, 15) is 34.8 Å². The molecule has 4 heterocycles. The third-order valence-corrected chi connectivity index (χ3v) is 20.5. The fraction of sp³-hybridized carbons (Fsp3) is 0.633.